The van der Waals surface area contributed by atoms with Crippen molar-refractivity contribution >= 4 is 17.6 Å². The highest BCUT2D eigenvalue weighted by Gasteiger charge is 2.27. The highest BCUT2D eigenvalue weighted by Crippen LogP contribution is 2.23. The predicted octanol–water partition coefficient (Wildman–Crippen LogP) is 3.45. The number of benzene rings is 1. The Hall–Kier alpha value is -2.89. The number of nitrogens with one attached hydrogen (secondary N) is 1. The molecule has 1 aromatic carbocycles. The summed E-state index contributed by atoms with van der Waals surface area (Å²) in [6.45, 7) is 7.70. The molecule has 1 saturated heterocycles. The van der Waals surface area contributed by atoms with Crippen molar-refractivity contribution in [1.82, 2.24) is 15.2 Å². The zero-order valence-electron chi connectivity index (χ0n) is 18.0. The van der Waals surface area contributed by atoms with Crippen molar-refractivity contribution in [1.29, 1.82) is 0 Å². The Morgan fingerprint density at radius 3 is 2.37 bits per heavy atom. The molecule has 2 heterocycles. The number of pyridine rings is 1. The number of hydrogen-bond acceptors (Lipinski definition) is 4. The van der Waals surface area contributed by atoms with E-state index in [4.69, 9.17) is 0 Å². The normalized spacial score (nSPS) is 15.0. The molecule has 1 fully saturated rings. The number of nitrogens with zero attached hydrogens (tertiary/aromatic N) is 3. The Kier molecular flexibility index (Phi) is 7.82. The first-order valence-electron chi connectivity index (χ1n) is 11.0. The van der Waals surface area contributed by atoms with Gasteiger partial charge in [-0.25, -0.2) is 4.98 Å². The molecule has 0 saturated carbocycles. The fourth-order valence-electron chi connectivity index (χ4n) is 3.80. The topological polar surface area (TPSA) is 65.5 Å². The van der Waals surface area contributed by atoms with Crippen LogP contribution < -0.4 is 10.2 Å². The quantitative estimate of drug-likeness (QED) is 0.680. The molecule has 0 bridgehead atoms. The number of amides is 2. The van der Waals surface area contributed by atoms with Gasteiger partial charge in [-0.2, -0.15) is 0 Å². The largest absolute Gasteiger partial charge is 0.353 e. The standard InChI is InChI=1S/C24H32N4O2/c1-3-5-13-25-23(29)20-11-12-22(26-18-20)27-14-16-28(17-15-27)24(30)21(4-2)19-9-7-6-8-10-19/h6-12,18,21H,3-5,13-17H2,1-2H3,(H,25,29). The number of rotatable bonds is 8. The van der Waals surface area contributed by atoms with E-state index >= 15 is 0 Å². The smallest absolute Gasteiger partial charge is 0.252 e. The van der Waals surface area contributed by atoms with Crippen LogP contribution in [-0.2, 0) is 4.79 Å². The second-order valence-corrected chi connectivity index (χ2v) is 7.70. The number of hydrogen-bond donors (Lipinski definition) is 1. The number of anilines is 1. The number of carbonyl (C=O) groups is 2. The van der Waals surface area contributed by atoms with Crippen LogP contribution in [0.3, 0.4) is 0 Å². The summed E-state index contributed by atoms with van der Waals surface area (Å²) in [6.07, 6.45) is 4.46. The molecule has 2 aromatic rings. The minimum Gasteiger partial charge on any atom is -0.353 e. The molecule has 6 nitrogen and oxygen atoms in total. The fraction of sp³-hybridized carbons (Fsp3) is 0.458. The minimum atomic E-state index is -0.0821. The lowest BCUT2D eigenvalue weighted by Gasteiger charge is -2.37. The SMILES string of the molecule is CCCCNC(=O)c1ccc(N2CCN(C(=O)C(CC)c3ccccc3)CC2)nc1. The van der Waals surface area contributed by atoms with Crippen molar-refractivity contribution in [2.75, 3.05) is 37.6 Å². The Balaban J connectivity index is 1.55. The summed E-state index contributed by atoms with van der Waals surface area (Å²) in [5.74, 6) is 0.892. The summed E-state index contributed by atoms with van der Waals surface area (Å²) in [5, 5.41) is 2.91. The van der Waals surface area contributed by atoms with E-state index < -0.39 is 0 Å². The molecule has 1 aliphatic rings. The Labute approximate surface area is 179 Å². The number of unbranched alkanes of at least 4 members (excludes halogenated alkanes) is 1. The van der Waals surface area contributed by atoms with Gasteiger partial charge in [-0.1, -0.05) is 50.6 Å². The lowest BCUT2D eigenvalue weighted by molar-refractivity contribution is -0.133. The van der Waals surface area contributed by atoms with Gasteiger partial charge >= 0.3 is 0 Å². The van der Waals surface area contributed by atoms with Gasteiger partial charge in [0.1, 0.15) is 5.82 Å². The van der Waals surface area contributed by atoms with Crippen molar-refractivity contribution in [3.05, 3.63) is 59.8 Å². The molecular weight excluding hydrogens is 376 g/mol. The van der Waals surface area contributed by atoms with Gasteiger partial charge in [0.15, 0.2) is 0 Å². The van der Waals surface area contributed by atoms with E-state index in [1.165, 1.54) is 0 Å². The molecule has 1 unspecified atom stereocenters. The molecule has 30 heavy (non-hydrogen) atoms. The fourth-order valence-corrected chi connectivity index (χ4v) is 3.80. The first-order chi connectivity index (χ1) is 14.6. The van der Waals surface area contributed by atoms with Crippen molar-refractivity contribution in [3.8, 4) is 0 Å². The summed E-state index contributed by atoms with van der Waals surface area (Å²) >= 11 is 0. The zero-order chi connectivity index (χ0) is 21.3. The molecule has 3 rings (SSSR count). The minimum absolute atomic E-state index is 0.0792. The van der Waals surface area contributed by atoms with E-state index in [9.17, 15) is 9.59 Å². The Bertz CT molecular complexity index is 815. The van der Waals surface area contributed by atoms with E-state index in [0.717, 1.165) is 43.7 Å². The average molecular weight is 409 g/mol. The molecule has 0 radical (unpaired) electrons. The molecule has 0 aliphatic carbocycles. The van der Waals surface area contributed by atoms with Crippen molar-refractivity contribution in [3.63, 3.8) is 0 Å². The van der Waals surface area contributed by atoms with E-state index in [2.05, 4.69) is 29.0 Å². The molecular formula is C24H32N4O2. The van der Waals surface area contributed by atoms with E-state index in [1.54, 1.807) is 6.20 Å². The zero-order valence-corrected chi connectivity index (χ0v) is 18.0. The van der Waals surface area contributed by atoms with Gasteiger partial charge in [0, 0.05) is 38.9 Å². The summed E-state index contributed by atoms with van der Waals surface area (Å²) in [7, 11) is 0. The maximum Gasteiger partial charge on any atom is 0.252 e. The summed E-state index contributed by atoms with van der Waals surface area (Å²) in [6, 6.07) is 13.7. The van der Waals surface area contributed by atoms with Gasteiger partial charge in [0.25, 0.3) is 5.91 Å². The maximum absolute atomic E-state index is 13.0. The molecule has 1 atom stereocenters. The van der Waals surface area contributed by atoms with Gasteiger partial charge in [-0.15, -0.1) is 0 Å². The molecule has 160 valence electrons. The number of carbonyl (C=O) groups excluding carboxylic acids is 2. The van der Waals surface area contributed by atoms with Crippen LogP contribution in [0.15, 0.2) is 48.7 Å². The lowest BCUT2D eigenvalue weighted by atomic mass is 9.95. The van der Waals surface area contributed by atoms with E-state index in [-0.39, 0.29) is 17.7 Å². The highest BCUT2D eigenvalue weighted by molar-refractivity contribution is 5.94. The van der Waals surface area contributed by atoms with E-state index in [1.807, 2.05) is 47.4 Å². The van der Waals surface area contributed by atoms with E-state index in [0.29, 0.717) is 25.2 Å². The van der Waals surface area contributed by atoms with Crippen molar-refractivity contribution in [2.24, 2.45) is 0 Å². The molecule has 0 spiro atoms. The number of aromatic nitrogens is 1. The van der Waals surface area contributed by atoms with Gasteiger partial charge < -0.3 is 15.1 Å². The second kappa shape index (κ2) is 10.8. The third-order valence-corrected chi connectivity index (χ3v) is 5.65. The van der Waals surface area contributed by atoms with Crippen LogP contribution in [0.2, 0.25) is 0 Å². The average Bonchev–Trinajstić information content (AvgIpc) is 2.80. The van der Waals surface area contributed by atoms with Gasteiger partial charge in [0.2, 0.25) is 5.91 Å². The van der Waals surface area contributed by atoms with Gasteiger partial charge in [-0.3, -0.25) is 9.59 Å². The predicted molar refractivity (Wildman–Crippen MR) is 120 cm³/mol. The lowest BCUT2D eigenvalue weighted by Crippen LogP contribution is -2.50. The molecule has 1 aromatic heterocycles. The van der Waals surface area contributed by atoms with Crippen LogP contribution in [-0.4, -0.2) is 54.4 Å². The summed E-state index contributed by atoms with van der Waals surface area (Å²) < 4.78 is 0. The molecule has 1 aliphatic heterocycles. The van der Waals surface area contributed by atoms with Gasteiger partial charge in [-0.05, 0) is 30.5 Å². The van der Waals surface area contributed by atoms with Crippen LogP contribution in [0.5, 0.6) is 0 Å². The van der Waals surface area contributed by atoms with Crippen molar-refractivity contribution in [2.45, 2.75) is 39.0 Å². The van der Waals surface area contributed by atoms with Crippen LogP contribution in [0.25, 0.3) is 0 Å². The van der Waals surface area contributed by atoms with Crippen LogP contribution >= 0.6 is 0 Å². The Morgan fingerprint density at radius 1 is 1.03 bits per heavy atom. The third-order valence-electron chi connectivity index (χ3n) is 5.65. The monoisotopic (exact) mass is 408 g/mol. The highest BCUT2D eigenvalue weighted by atomic mass is 16.2. The third kappa shape index (κ3) is 5.38. The number of piperazine rings is 1. The second-order valence-electron chi connectivity index (χ2n) is 7.70. The van der Waals surface area contributed by atoms with Crippen LogP contribution in [0, 0.1) is 0 Å². The summed E-state index contributed by atoms with van der Waals surface area (Å²) in [5.41, 5.74) is 1.67. The Morgan fingerprint density at radius 2 is 1.77 bits per heavy atom. The molecule has 1 N–H and O–H groups in total. The van der Waals surface area contributed by atoms with Gasteiger partial charge in [0.05, 0.1) is 11.5 Å². The molecule has 2 amide bonds. The first kappa shape index (κ1) is 21.8. The molecule has 6 heteroatoms. The maximum atomic E-state index is 13.0. The first-order valence-corrected chi connectivity index (χ1v) is 11.0. The van der Waals surface area contributed by atoms with Crippen molar-refractivity contribution < 1.29 is 9.59 Å². The van der Waals surface area contributed by atoms with Crippen LogP contribution in [0.4, 0.5) is 5.82 Å². The summed E-state index contributed by atoms with van der Waals surface area (Å²) in [4.78, 5) is 33.8. The van der Waals surface area contributed by atoms with Crippen LogP contribution in [0.1, 0.15) is 54.9 Å².